The average Bonchev–Trinajstić information content (AvgIpc) is 3.02. The van der Waals surface area contributed by atoms with Gasteiger partial charge in [-0.25, -0.2) is 0 Å². The third-order valence-electron chi connectivity index (χ3n) is 3.88. The first-order valence-electron chi connectivity index (χ1n) is 7.46. The number of Topliss-reactive ketones (excluding diaryl/α,β-unsaturated/α-hetero) is 1. The van der Waals surface area contributed by atoms with E-state index in [0.29, 0.717) is 36.0 Å². The summed E-state index contributed by atoms with van der Waals surface area (Å²) in [6.45, 7) is 1.29. The second-order valence-corrected chi connectivity index (χ2v) is 5.89. The van der Waals surface area contributed by atoms with Crippen molar-refractivity contribution in [2.45, 2.75) is 12.5 Å². The highest BCUT2D eigenvalue weighted by Gasteiger charge is 2.30. The van der Waals surface area contributed by atoms with Gasteiger partial charge < -0.3 is 14.6 Å². The molecule has 3 rings (SSSR count). The summed E-state index contributed by atoms with van der Waals surface area (Å²) < 4.78 is 5.46. The van der Waals surface area contributed by atoms with Crippen LogP contribution in [0.15, 0.2) is 42.6 Å². The number of morpholine rings is 1. The predicted molar refractivity (Wildman–Crippen MR) is 86.8 cm³/mol. The van der Waals surface area contributed by atoms with Crippen molar-refractivity contribution in [2.24, 2.45) is 0 Å². The van der Waals surface area contributed by atoms with E-state index in [1.54, 1.807) is 29.3 Å². The van der Waals surface area contributed by atoms with Gasteiger partial charge in [-0.1, -0.05) is 41.9 Å². The second kappa shape index (κ2) is 6.98. The molecule has 2 heterocycles. The number of rotatable bonds is 4. The van der Waals surface area contributed by atoms with Crippen molar-refractivity contribution in [2.75, 3.05) is 19.8 Å². The Kier molecular flexibility index (Phi) is 4.79. The molecule has 1 atom stereocenters. The fraction of sp³-hybridized carbons (Fsp3) is 0.294. The summed E-state index contributed by atoms with van der Waals surface area (Å²) >= 11 is 5.86. The topological polar surface area (TPSA) is 62.4 Å². The maximum atomic E-state index is 12.6. The summed E-state index contributed by atoms with van der Waals surface area (Å²) in [5.74, 6) is -0.158. The van der Waals surface area contributed by atoms with Crippen LogP contribution in [0.1, 0.15) is 27.3 Å². The monoisotopic (exact) mass is 332 g/mol. The lowest BCUT2D eigenvalue weighted by Crippen LogP contribution is -2.49. The number of H-pyrrole nitrogens is 1. The number of nitrogens with one attached hydrogen (secondary N) is 1. The van der Waals surface area contributed by atoms with Crippen LogP contribution >= 0.6 is 11.6 Å². The molecule has 1 unspecified atom stereocenters. The van der Waals surface area contributed by atoms with Crippen LogP contribution < -0.4 is 0 Å². The molecule has 1 amide bonds. The number of aromatic nitrogens is 1. The molecule has 0 bridgehead atoms. The first kappa shape index (κ1) is 15.8. The summed E-state index contributed by atoms with van der Waals surface area (Å²) in [6.07, 6.45) is 1.81. The number of benzene rings is 1. The molecule has 1 aromatic carbocycles. The molecular weight excluding hydrogens is 316 g/mol. The van der Waals surface area contributed by atoms with Crippen LogP contribution in [0, 0.1) is 0 Å². The van der Waals surface area contributed by atoms with E-state index in [-0.39, 0.29) is 24.2 Å². The van der Waals surface area contributed by atoms with Gasteiger partial charge in [-0.2, -0.15) is 0 Å². The number of nitrogens with zero attached hydrogens (tertiary/aromatic N) is 1. The maximum Gasteiger partial charge on any atom is 0.270 e. The number of ketones is 1. The van der Waals surface area contributed by atoms with Gasteiger partial charge in [0.05, 0.1) is 24.3 Å². The van der Waals surface area contributed by atoms with Crippen LogP contribution in [-0.2, 0) is 4.74 Å². The normalized spacial score (nSPS) is 18.0. The van der Waals surface area contributed by atoms with E-state index in [1.165, 1.54) is 0 Å². The number of amides is 1. The first-order valence-corrected chi connectivity index (χ1v) is 7.84. The van der Waals surface area contributed by atoms with E-state index in [9.17, 15) is 9.59 Å². The molecule has 6 heteroatoms. The Morgan fingerprint density at radius 3 is 2.78 bits per heavy atom. The number of ether oxygens (including phenoxy) is 1. The quantitative estimate of drug-likeness (QED) is 0.876. The van der Waals surface area contributed by atoms with Gasteiger partial charge in [-0.3, -0.25) is 9.59 Å². The zero-order chi connectivity index (χ0) is 16.2. The highest BCUT2D eigenvalue weighted by molar-refractivity contribution is 6.30. The van der Waals surface area contributed by atoms with Gasteiger partial charge in [-0.15, -0.1) is 0 Å². The van der Waals surface area contributed by atoms with Crippen LogP contribution in [0.3, 0.4) is 0 Å². The zero-order valence-electron chi connectivity index (χ0n) is 12.5. The van der Waals surface area contributed by atoms with E-state index in [1.807, 2.05) is 18.2 Å². The van der Waals surface area contributed by atoms with Crippen molar-refractivity contribution in [3.8, 4) is 0 Å². The van der Waals surface area contributed by atoms with E-state index < -0.39 is 0 Å². The van der Waals surface area contributed by atoms with Gasteiger partial charge in [-0.05, 0) is 6.07 Å². The molecule has 1 aliphatic heterocycles. The Labute approximate surface area is 139 Å². The number of hydrogen-bond acceptors (Lipinski definition) is 3. The van der Waals surface area contributed by atoms with Crippen LogP contribution in [0.25, 0.3) is 0 Å². The average molecular weight is 333 g/mol. The summed E-state index contributed by atoms with van der Waals surface area (Å²) in [4.78, 5) is 29.6. The van der Waals surface area contributed by atoms with E-state index in [4.69, 9.17) is 16.3 Å². The van der Waals surface area contributed by atoms with Crippen molar-refractivity contribution in [1.82, 2.24) is 9.88 Å². The summed E-state index contributed by atoms with van der Waals surface area (Å²) in [5.41, 5.74) is 1.07. The SMILES string of the molecule is O=C(CC1COCCN1C(=O)c1cc(Cl)c[nH]1)c1ccccc1. The number of carbonyl (C=O) groups excluding carboxylic acids is 2. The number of aromatic amines is 1. The zero-order valence-corrected chi connectivity index (χ0v) is 13.3. The molecule has 5 nitrogen and oxygen atoms in total. The van der Waals surface area contributed by atoms with Crippen LogP contribution in [0.4, 0.5) is 0 Å². The molecule has 1 aliphatic rings. The Bertz CT molecular complexity index is 699. The standard InChI is InChI=1S/C17H17ClN2O3/c18-13-8-15(19-10-13)17(22)20-6-7-23-11-14(20)9-16(21)12-4-2-1-3-5-12/h1-5,8,10,14,19H,6-7,9,11H2. The van der Waals surface area contributed by atoms with Gasteiger partial charge in [0.2, 0.25) is 0 Å². The third kappa shape index (κ3) is 3.63. The largest absolute Gasteiger partial charge is 0.377 e. The van der Waals surface area contributed by atoms with Gasteiger partial charge in [0.15, 0.2) is 5.78 Å². The van der Waals surface area contributed by atoms with E-state index >= 15 is 0 Å². The molecule has 2 aromatic rings. The Morgan fingerprint density at radius 2 is 2.09 bits per heavy atom. The molecule has 0 radical (unpaired) electrons. The van der Waals surface area contributed by atoms with Gasteiger partial charge in [0.25, 0.3) is 5.91 Å². The minimum atomic E-state index is -0.272. The Morgan fingerprint density at radius 1 is 1.30 bits per heavy atom. The summed E-state index contributed by atoms with van der Waals surface area (Å²) in [5, 5.41) is 0.485. The fourth-order valence-corrected chi connectivity index (χ4v) is 2.86. The molecular formula is C17H17ClN2O3. The lowest BCUT2D eigenvalue weighted by molar-refractivity contribution is -0.00307. The number of carbonyl (C=O) groups is 2. The minimum absolute atomic E-state index is 0.00316. The third-order valence-corrected chi connectivity index (χ3v) is 4.10. The highest BCUT2D eigenvalue weighted by Crippen LogP contribution is 2.18. The van der Waals surface area contributed by atoms with Gasteiger partial charge in [0.1, 0.15) is 5.69 Å². The van der Waals surface area contributed by atoms with Crippen molar-refractivity contribution in [1.29, 1.82) is 0 Å². The molecule has 1 N–H and O–H groups in total. The van der Waals surface area contributed by atoms with Gasteiger partial charge >= 0.3 is 0 Å². The van der Waals surface area contributed by atoms with Crippen molar-refractivity contribution < 1.29 is 14.3 Å². The van der Waals surface area contributed by atoms with Crippen molar-refractivity contribution in [3.05, 3.63) is 58.9 Å². The smallest absolute Gasteiger partial charge is 0.270 e. The Hall–Kier alpha value is -2.11. The van der Waals surface area contributed by atoms with E-state index in [2.05, 4.69) is 4.98 Å². The number of hydrogen-bond donors (Lipinski definition) is 1. The molecule has 0 spiro atoms. The number of halogens is 1. The summed E-state index contributed by atoms with van der Waals surface area (Å²) in [7, 11) is 0. The van der Waals surface area contributed by atoms with Gasteiger partial charge in [0, 0.05) is 24.7 Å². The molecule has 1 saturated heterocycles. The molecule has 1 aromatic heterocycles. The van der Waals surface area contributed by atoms with Crippen LogP contribution in [0.2, 0.25) is 5.02 Å². The highest BCUT2D eigenvalue weighted by atomic mass is 35.5. The minimum Gasteiger partial charge on any atom is -0.377 e. The molecule has 0 saturated carbocycles. The first-order chi connectivity index (χ1) is 11.1. The lowest BCUT2D eigenvalue weighted by atomic mass is 10.0. The van der Waals surface area contributed by atoms with E-state index in [0.717, 1.165) is 0 Å². The predicted octanol–water partition coefficient (Wildman–Crippen LogP) is 2.78. The summed E-state index contributed by atoms with van der Waals surface area (Å²) in [6, 6.07) is 10.4. The molecule has 120 valence electrons. The van der Waals surface area contributed by atoms with Crippen molar-refractivity contribution >= 4 is 23.3 Å². The van der Waals surface area contributed by atoms with Crippen LogP contribution in [-0.4, -0.2) is 47.4 Å². The Balaban J connectivity index is 1.74. The van der Waals surface area contributed by atoms with Crippen molar-refractivity contribution in [3.63, 3.8) is 0 Å². The lowest BCUT2D eigenvalue weighted by Gasteiger charge is -2.35. The maximum absolute atomic E-state index is 12.6. The molecule has 0 aliphatic carbocycles. The molecule has 23 heavy (non-hydrogen) atoms. The second-order valence-electron chi connectivity index (χ2n) is 5.45. The van der Waals surface area contributed by atoms with Crippen LogP contribution in [0.5, 0.6) is 0 Å². The fourth-order valence-electron chi connectivity index (χ4n) is 2.69. The molecule has 1 fully saturated rings.